The van der Waals surface area contributed by atoms with Crippen molar-refractivity contribution in [2.45, 2.75) is 45.3 Å². The molecule has 0 fully saturated rings. The van der Waals surface area contributed by atoms with Gasteiger partial charge in [-0.2, -0.15) is 5.10 Å². The Bertz CT molecular complexity index is 1230. The smallest absolute Gasteiger partial charge is 0.493 e. The van der Waals surface area contributed by atoms with Gasteiger partial charge in [-0.15, -0.1) is 13.2 Å². The zero-order valence-electron chi connectivity index (χ0n) is 22.6. The molecule has 1 heterocycles. The third kappa shape index (κ3) is 11.0. The number of anilines is 1. The fourth-order valence-corrected chi connectivity index (χ4v) is 4.44. The lowest BCUT2D eigenvalue weighted by Gasteiger charge is -2.28. The molecule has 0 saturated heterocycles. The number of rotatable bonds is 9. The Morgan fingerprint density at radius 1 is 1.05 bits per heavy atom. The second-order valence-corrected chi connectivity index (χ2v) is 9.41. The van der Waals surface area contributed by atoms with Crippen molar-refractivity contribution >= 4 is 51.5 Å². The molecule has 1 atom stereocenters. The Kier molecular flexibility index (Phi) is 13.1. The van der Waals surface area contributed by atoms with Crippen LogP contribution in [0.15, 0.2) is 47.6 Å². The highest BCUT2D eigenvalue weighted by atomic mass is 35.5. The first-order chi connectivity index (χ1) is 19.4. The number of benzene rings is 2. The quantitative estimate of drug-likeness (QED) is 0.289. The maximum atomic E-state index is 12.7. The van der Waals surface area contributed by atoms with Crippen LogP contribution in [0, 0.1) is 0 Å². The van der Waals surface area contributed by atoms with Gasteiger partial charge in [0.2, 0.25) is 0 Å². The number of nitrogens with one attached hydrogen (secondary N) is 1. The van der Waals surface area contributed by atoms with Gasteiger partial charge in [-0.25, -0.2) is 14.6 Å². The van der Waals surface area contributed by atoms with Crippen molar-refractivity contribution in [3.8, 4) is 11.5 Å². The molecule has 0 saturated carbocycles. The lowest BCUT2D eigenvalue weighted by Crippen LogP contribution is -2.34. The first-order valence-corrected chi connectivity index (χ1v) is 13.5. The molecule has 0 spiro atoms. The van der Waals surface area contributed by atoms with E-state index in [9.17, 15) is 27.6 Å². The van der Waals surface area contributed by atoms with E-state index in [-0.39, 0.29) is 29.4 Å². The maximum absolute atomic E-state index is 12.7. The molecule has 0 aliphatic carbocycles. The fourth-order valence-electron chi connectivity index (χ4n) is 3.39. The van der Waals surface area contributed by atoms with Crippen molar-refractivity contribution in [1.29, 1.82) is 0 Å². The zero-order chi connectivity index (χ0) is 30.6. The van der Waals surface area contributed by atoms with Crippen molar-refractivity contribution in [2.75, 3.05) is 25.6 Å². The molecule has 0 aromatic heterocycles. The van der Waals surface area contributed by atoms with Crippen LogP contribution >= 0.6 is 23.4 Å². The minimum atomic E-state index is -4.86. The van der Waals surface area contributed by atoms with Crippen LogP contribution in [0.3, 0.4) is 0 Å². The molecule has 41 heavy (non-hydrogen) atoms. The summed E-state index contributed by atoms with van der Waals surface area (Å²) in [7, 11) is 1.24. The van der Waals surface area contributed by atoms with Gasteiger partial charge < -0.3 is 18.9 Å². The number of ether oxygens (including phenoxy) is 4. The molecule has 2 amide bonds. The summed E-state index contributed by atoms with van der Waals surface area (Å²) in [6.45, 7) is 6.06. The summed E-state index contributed by atoms with van der Waals surface area (Å²) in [5.74, 6) is -0.569. The van der Waals surface area contributed by atoms with Gasteiger partial charge in [-0.05, 0) is 56.2 Å². The van der Waals surface area contributed by atoms with E-state index in [2.05, 4.69) is 19.9 Å². The summed E-state index contributed by atoms with van der Waals surface area (Å²) in [5, 5.41) is 7.88. The highest BCUT2D eigenvalue weighted by Crippen LogP contribution is 2.36. The van der Waals surface area contributed by atoms with Crippen LogP contribution in [0.25, 0.3) is 0 Å². The number of nitrogens with zero attached hydrogens (tertiary/aromatic N) is 2. The van der Waals surface area contributed by atoms with Crippen molar-refractivity contribution < 1.29 is 46.5 Å². The van der Waals surface area contributed by atoms with Gasteiger partial charge in [0, 0.05) is 22.9 Å². The SMILES string of the molecule is CCOC(=O)Cl.CCOC(=O)Nc1ccc(CN2N=C(c3ccc(OC(F)(F)F)c(OC)c3)C(CC)SC2=O)cc1. The second kappa shape index (κ2) is 16.0. The van der Waals surface area contributed by atoms with E-state index in [1.165, 1.54) is 24.3 Å². The molecular formula is C26H29ClF3N3O7S. The molecule has 2 aromatic rings. The largest absolute Gasteiger partial charge is 0.573 e. The average molecular weight is 620 g/mol. The first kappa shape index (κ1) is 33.6. The Morgan fingerprint density at radius 2 is 1.71 bits per heavy atom. The van der Waals surface area contributed by atoms with E-state index in [0.717, 1.165) is 23.4 Å². The highest BCUT2D eigenvalue weighted by molar-refractivity contribution is 8.14. The number of hydrazone groups is 1. The molecule has 1 aliphatic heterocycles. The van der Waals surface area contributed by atoms with Gasteiger partial charge in [0.25, 0.3) is 0 Å². The van der Waals surface area contributed by atoms with E-state index >= 15 is 0 Å². The van der Waals surface area contributed by atoms with Gasteiger partial charge in [0.05, 0.1) is 37.8 Å². The normalized spacial score (nSPS) is 14.7. The van der Waals surface area contributed by atoms with Gasteiger partial charge in [0.1, 0.15) is 0 Å². The molecule has 3 rings (SSSR count). The summed E-state index contributed by atoms with van der Waals surface area (Å²) in [5.41, 5.74) is 1.61. The number of carbonyl (C=O) groups is 3. The Hall–Kier alpha value is -3.65. The molecule has 1 aliphatic rings. The number of amides is 2. The lowest BCUT2D eigenvalue weighted by molar-refractivity contribution is -0.275. The van der Waals surface area contributed by atoms with Crippen LogP contribution in [0.2, 0.25) is 0 Å². The van der Waals surface area contributed by atoms with E-state index in [1.807, 2.05) is 6.92 Å². The second-order valence-electron chi connectivity index (χ2n) is 7.95. The van der Waals surface area contributed by atoms with Crippen molar-refractivity contribution in [3.05, 3.63) is 53.6 Å². The molecule has 1 N–H and O–H groups in total. The predicted octanol–water partition coefficient (Wildman–Crippen LogP) is 7.40. The van der Waals surface area contributed by atoms with Crippen LogP contribution in [-0.2, 0) is 16.0 Å². The predicted molar refractivity (Wildman–Crippen MR) is 149 cm³/mol. The standard InChI is InChI=1S/C23H24F3N3O5S.C3H5ClO2/c1-4-19-20(15-8-11-17(18(12-15)32-3)34-23(24,25)26)28-29(22(31)35-19)13-14-6-9-16(10-7-14)27-21(30)33-5-2;1-2-6-3(4)5/h6-12,19H,4-5,13H2,1-3H3,(H,27,30);2H2,1H3. The number of halogens is 4. The summed E-state index contributed by atoms with van der Waals surface area (Å²) in [6.07, 6.45) is -4.84. The number of alkyl halides is 3. The Balaban J connectivity index is 0.000000883. The van der Waals surface area contributed by atoms with Crippen molar-refractivity contribution in [1.82, 2.24) is 5.01 Å². The topological polar surface area (TPSA) is 116 Å². The molecule has 2 aromatic carbocycles. The third-order valence-corrected chi connectivity index (χ3v) is 6.47. The van der Waals surface area contributed by atoms with Crippen molar-refractivity contribution in [3.63, 3.8) is 0 Å². The van der Waals surface area contributed by atoms with E-state index < -0.39 is 23.6 Å². The zero-order valence-corrected chi connectivity index (χ0v) is 24.2. The first-order valence-electron chi connectivity index (χ1n) is 12.3. The molecular weight excluding hydrogens is 591 g/mol. The highest BCUT2D eigenvalue weighted by Gasteiger charge is 2.34. The maximum Gasteiger partial charge on any atom is 0.573 e. The number of hydrogen-bond acceptors (Lipinski definition) is 9. The van der Waals surface area contributed by atoms with Crippen LogP contribution in [0.5, 0.6) is 11.5 Å². The van der Waals surface area contributed by atoms with Crippen LogP contribution in [0.1, 0.15) is 38.3 Å². The Morgan fingerprint density at radius 3 is 2.22 bits per heavy atom. The average Bonchev–Trinajstić information content (AvgIpc) is 2.90. The third-order valence-electron chi connectivity index (χ3n) is 5.11. The van der Waals surface area contributed by atoms with Crippen LogP contribution in [-0.4, -0.2) is 59.4 Å². The minimum absolute atomic E-state index is 0.101. The molecule has 1 unspecified atom stereocenters. The number of thioether (sulfide) groups is 1. The van der Waals surface area contributed by atoms with Gasteiger partial charge >= 0.3 is 23.1 Å². The molecule has 10 nitrogen and oxygen atoms in total. The Labute approximate surface area is 244 Å². The van der Waals surface area contributed by atoms with Crippen molar-refractivity contribution in [2.24, 2.45) is 5.10 Å². The molecule has 0 radical (unpaired) electrons. The number of methoxy groups -OCH3 is 1. The minimum Gasteiger partial charge on any atom is -0.493 e. The van der Waals surface area contributed by atoms with E-state index in [4.69, 9.17) is 21.1 Å². The van der Waals surface area contributed by atoms with Crippen LogP contribution in [0.4, 0.5) is 33.2 Å². The lowest BCUT2D eigenvalue weighted by atomic mass is 10.0. The molecule has 0 bridgehead atoms. The van der Waals surface area contributed by atoms with E-state index in [0.29, 0.717) is 30.0 Å². The summed E-state index contributed by atoms with van der Waals surface area (Å²) >= 11 is 5.81. The summed E-state index contributed by atoms with van der Waals surface area (Å²) in [4.78, 5) is 33.8. The van der Waals surface area contributed by atoms with Crippen LogP contribution < -0.4 is 14.8 Å². The number of carbonyl (C=O) groups excluding carboxylic acids is 3. The number of hydrogen-bond donors (Lipinski definition) is 1. The summed E-state index contributed by atoms with van der Waals surface area (Å²) in [6, 6.07) is 10.9. The fraction of sp³-hybridized carbons (Fsp3) is 0.385. The monoisotopic (exact) mass is 619 g/mol. The van der Waals surface area contributed by atoms with E-state index in [1.54, 1.807) is 38.1 Å². The van der Waals surface area contributed by atoms with Gasteiger partial charge in [0.15, 0.2) is 11.5 Å². The molecule has 15 heteroatoms. The van der Waals surface area contributed by atoms with Gasteiger partial charge in [-0.1, -0.05) is 30.8 Å². The van der Waals surface area contributed by atoms with Gasteiger partial charge in [-0.3, -0.25) is 10.1 Å². The summed E-state index contributed by atoms with van der Waals surface area (Å²) < 4.78 is 56.1. The molecule has 224 valence electrons.